The molecule has 8 nitrogen and oxygen atoms in total. The maximum atomic E-state index is 15.0. The van der Waals surface area contributed by atoms with Crippen LogP contribution < -0.4 is 19.5 Å². The number of carboxylic acids is 1. The molecule has 1 unspecified atom stereocenters. The molecule has 1 amide bonds. The van der Waals surface area contributed by atoms with Gasteiger partial charge in [0.05, 0.1) is 18.6 Å². The van der Waals surface area contributed by atoms with E-state index in [1.54, 1.807) is 6.07 Å². The lowest BCUT2D eigenvalue weighted by Gasteiger charge is -2.27. The maximum Gasteiger partial charge on any atom is 0.309 e. The van der Waals surface area contributed by atoms with Crippen molar-refractivity contribution in [3.63, 3.8) is 0 Å². The highest BCUT2D eigenvalue weighted by Gasteiger charge is 2.48. The second-order valence-corrected chi connectivity index (χ2v) is 11.3. The van der Waals surface area contributed by atoms with Crippen LogP contribution in [0, 0.1) is 17.6 Å². The molecule has 0 spiro atoms. The van der Waals surface area contributed by atoms with E-state index in [0.717, 1.165) is 12.8 Å². The Kier molecular flexibility index (Phi) is 7.96. The molecule has 2 fully saturated rings. The molecule has 2 aliphatic heterocycles. The fourth-order valence-corrected chi connectivity index (χ4v) is 6.26. The van der Waals surface area contributed by atoms with Gasteiger partial charge in [-0.05, 0) is 84.3 Å². The van der Waals surface area contributed by atoms with Crippen molar-refractivity contribution >= 4 is 17.6 Å². The molecule has 1 saturated heterocycles. The van der Waals surface area contributed by atoms with Gasteiger partial charge in [-0.25, -0.2) is 8.78 Å². The van der Waals surface area contributed by atoms with Gasteiger partial charge in [0.25, 0.3) is 0 Å². The molecule has 226 valence electrons. The second kappa shape index (κ2) is 11.8. The van der Waals surface area contributed by atoms with Gasteiger partial charge in [-0.1, -0.05) is 26.0 Å². The Bertz CT molecular complexity index is 1520. The number of amides is 1. The average molecular weight is 593 g/mol. The van der Waals surface area contributed by atoms with Gasteiger partial charge in [0.1, 0.15) is 11.6 Å². The summed E-state index contributed by atoms with van der Waals surface area (Å²) in [6, 6.07) is 12.4. The lowest BCUT2D eigenvalue weighted by molar-refractivity contribution is -0.143. The molecule has 1 aliphatic carbocycles. The lowest BCUT2D eigenvalue weighted by atomic mass is 9.82. The van der Waals surface area contributed by atoms with Gasteiger partial charge < -0.3 is 24.6 Å². The number of carbonyl (C=O) groups is 2. The molecule has 3 aromatic rings. The van der Waals surface area contributed by atoms with Gasteiger partial charge in [0.2, 0.25) is 18.4 Å². The molecule has 1 saturated carbocycles. The van der Waals surface area contributed by atoms with Crippen LogP contribution in [0.1, 0.15) is 60.9 Å². The highest BCUT2D eigenvalue weighted by atomic mass is 19.1. The molecule has 2 heterocycles. The number of aryl methyl sites for hydroxylation is 2. The normalized spacial score (nSPS) is 21.2. The van der Waals surface area contributed by atoms with Crippen molar-refractivity contribution < 1.29 is 37.7 Å². The van der Waals surface area contributed by atoms with Crippen LogP contribution in [0.25, 0.3) is 0 Å². The quantitative estimate of drug-likeness (QED) is 0.305. The minimum absolute atomic E-state index is 0.00501. The number of carboxylic acid groups (broad SMARTS) is 1. The number of hydrogen-bond donors (Lipinski definition) is 2. The molecule has 10 heteroatoms. The van der Waals surface area contributed by atoms with Crippen LogP contribution in [0.2, 0.25) is 0 Å². The summed E-state index contributed by atoms with van der Waals surface area (Å²) < 4.78 is 45.7. The summed E-state index contributed by atoms with van der Waals surface area (Å²) in [5.74, 6) is -3.11. The number of benzene rings is 3. The smallest absolute Gasteiger partial charge is 0.309 e. The van der Waals surface area contributed by atoms with Crippen molar-refractivity contribution in [1.82, 2.24) is 4.90 Å². The third kappa shape index (κ3) is 5.88. The Hall–Kier alpha value is -4.18. The van der Waals surface area contributed by atoms with E-state index < -0.39 is 29.7 Å². The average Bonchev–Trinajstić information content (AvgIpc) is 3.52. The SMILES string of the molecule is CCc1cc(F)cc(CC)c1NC(=O)CN1C[C@H](c2cc(F)c3c(c2)OCO3)C(C(=O)O)[C@@H]1c1ccc(OC2CC2)cc1. The van der Waals surface area contributed by atoms with Crippen molar-refractivity contribution in [1.29, 1.82) is 0 Å². The van der Waals surface area contributed by atoms with E-state index in [4.69, 9.17) is 14.2 Å². The van der Waals surface area contributed by atoms with Gasteiger partial charge in [-0.3, -0.25) is 14.5 Å². The lowest BCUT2D eigenvalue weighted by Crippen LogP contribution is -2.35. The molecular weight excluding hydrogens is 558 g/mol. The van der Waals surface area contributed by atoms with Gasteiger partial charge >= 0.3 is 5.97 Å². The number of nitrogens with one attached hydrogen (secondary N) is 1. The summed E-state index contributed by atoms with van der Waals surface area (Å²) in [6.07, 6.45) is 3.29. The maximum absolute atomic E-state index is 15.0. The van der Waals surface area contributed by atoms with Crippen molar-refractivity contribution in [2.75, 3.05) is 25.2 Å². The third-order valence-corrected chi connectivity index (χ3v) is 8.45. The first-order valence-corrected chi connectivity index (χ1v) is 14.7. The molecule has 3 atom stereocenters. The van der Waals surface area contributed by atoms with E-state index in [-0.39, 0.29) is 49.2 Å². The van der Waals surface area contributed by atoms with Crippen molar-refractivity contribution in [2.45, 2.75) is 57.6 Å². The van der Waals surface area contributed by atoms with Crippen LogP contribution in [0.15, 0.2) is 48.5 Å². The number of carbonyl (C=O) groups excluding carboxylic acids is 1. The predicted octanol–water partition coefficient (Wildman–Crippen LogP) is 5.84. The van der Waals surface area contributed by atoms with Gasteiger partial charge in [-0.2, -0.15) is 0 Å². The molecule has 3 aliphatic rings. The van der Waals surface area contributed by atoms with Gasteiger partial charge in [0, 0.05) is 24.2 Å². The van der Waals surface area contributed by atoms with Crippen molar-refractivity contribution in [3.8, 4) is 17.2 Å². The third-order valence-electron chi connectivity index (χ3n) is 8.45. The van der Waals surface area contributed by atoms with Gasteiger partial charge in [0.15, 0.2) is 11.6 Å². The molecule has 0 bridgehead atoms. The molecule has 0 radical (unpaired) electrons. The first-order valence-electron chi connectivity index (χ1n) is 14.7. The van der Waals surface area contributed by atoms with Crippen molar-refractivity contribution in [2.24, 2.45) is 5.92 Å². The van der Waals surface area contributed by atoms with E-state index in [1.165, 1.54) is 18.2 Å². The summed E-state index contributed by atoms with van der Waals surface area (Å²) in [6.45, 7) is 3.73. The first-order chi connectivity index (χ1) is 20.7. The fourth-order valence-electron chi connectivity index (χ4n) is 6.26. The molecule has 0 aromatic heterocycles. The fraction of sp³-hybridized carbons (Fsp3) is 0.394. The zero-order valence-corrected chi connectivity index (χ0v) is 24.1. The number of nitrogens with zero attached hydrogens (tertiary/aromatic N) is 1. The summed E-state index contributed by atoms with van der Waals surface area (Å²) in [5.41, 5.74) is 3.11. The molecule has 6 rings (SSSR count). The van der Waals surface area contributed by atoms with E-state index in [9.17, 15) is 23.5 Å². The number of likely N-dealkylation sites (tertiary alicyclic amines) is 1. The zero-order chi connectivity index (χ0) is 30.2. The highest BCUT2D eigenvalue weighted by molar-refractivity contribution is 5.94. The topological polar surface area (TPSA) is 97.3 Å². The van der Waals surface area contributed by atoms with Crippen LogP contribution in [0.5, 0.6) is 17.2 Å². The van der Waals surface area contributed by atoms with Crippen LogP contribution >= 0.6 is 0 Å². The number of fused-ring (bicyclic) bond motifs is 1. The highest BCUT2D eigenvalue weighted by Crippen LogP contribution is 2.48. The predicted molar refractivity (Wildman–Crippen MR) is 155 cm³/mol. The zero-order valence-electron chi connectivity index (χ0n) is 24.1. The Morgan fingerprint density at radius 1 is 1.00 bits per heavy atom. The molecule has 43 heavy (non-hydrogen) atoms. The molecular formula is C33H34F2N2O6. The monoisotopic (exact) mass is 592 g/mol. The minimum atomic E-state index is -1.06. The van der Waals surface area contributed by atoms with Crippen LogP contribution in [-0.4, -0.2) is 47.9 Å². The van der Waals surface area contributed by atoms with E-state index >= 15 is 0 Å². The Morgan fingerprint density at radius 2 is 1.70 bits per heavy atom. The number of hydrogen-bond acceptors (Lipinski definition) is 6. The second-order valence-electron chi connectivity index (χ2n) is 11.3. The van der Waals surface area contributed by atoms with Crippen LogP contribution in [0.4, 0.5) is 14.5 Å². The number of halogens is 2. The largest absolute Gasteiger partial charge is 0.490 e. The Labute approximate surface area is 248 Å². The van der Waals surface area contributed by atoms with Crippen LogP contribution in [0.3, 0.4) is 0 Å². The van der Waals surface area contributed by atoms with E-state index in [2.05, 4.69) is 5.32 Å². The van der Waals surface area contributed by atoms with Crippen molar-refractivity contribution in [3.05, 3.63) is 82.4 Å². The summed E-state index contributed by atoms with van der Waals surface area (Å²) in [7, 11) is 0. The Balaban J connectivity index is 1.34. The van der Waals surface area contributed by atoms with E-state index in [0.29, 0.717) is 46.5 Å². The van der Waals surface area contributed by atoms with Crippen LogP contribution in [-0.2, 0) is 22.4 Å². The number of anilines is 1. The standard InChI is InChI=1S/C33H34F2N2O6/c1-3-18-11-22(34)12-19(4-2)30(18)36-28(38)16-37-15-25(21-13-26(35)32-27(14-21)41-17-42-32)29(33(39)40)31(37)20-5-7-23(8-6-20)43-24-9-10-24/h5-8,11-14,24-25,29,31H,3-4,9-10,15-17H2,1-2H3,(H,36,38)(H,39,40)/t25-,29?,31+/m1/s1. The molecule has 3 aromatic carbocycles. The first kappa shape index (κ1) is 28.9. The number of rotatable bonds is 10. The van der Waals surface area contributed by atoms with Gasteiger partial charge in [-0.15, -0.1) is 0 Å². The minimum Gasteiger partial charge on any atom is -0.490 e. The summed E-state index contributed by atoms with van der Waals surface area (Å²) in [4.78, 5) is 28.3. The Morgan fingerprint density at radius 3 is 2.33 bits per heavy atom. The number of ether oxygens (including phenoxy) is 3. The summed E-state index contributed by atoms with van der Waals surface area (Å²) in [5, 5.41) is 13.5. The number of aliphatic carboxylic acids is 1. The molecule has 2 N–H and O–H groups in total. The van der Waals surface area contributed by atoms with E-state index in [1.807, 2.05) is 43.0 Å². The summed E-state index contributed by atoms with van der Waals surface area (Å²) >= 11 is 0.